The van der Waals surface area contributed by atoms with Crippen molar-refractivity contribution in [2.24, 2.45) is 0 Å². The van der Waals surface area contributed by atoms with Crippen LogP contribution in [0.5, 0.6) is 0 Å². The summed E-state index contributed by atoms with van der Waals surface area (Å²) in [5, 5.41) is 12.0. The van der Waals surface area contributed by atoms with E-state index in [4.69, 9.17) is 0 Å². The maximum Gasteiger partial charge on any atom is 0.255 e. The van der Waals surface area contributed by atoms with Crippen LogP contribution in [0.2, 0.25) is 0 Å². The SMILES string of the molecule is O=C(Nc1cccc(Br)c1)c1ccc(S(=O)(=O)N2CC(O)C2)cc1. The van der Waals surface area contributed by atoms with Crippen LogP contribution in [0.3, 0.4) is 0 Å². The van der Waals surface area contributed by atoms with E-state index in [0.29, 0.717) is 11.3 Å². The molecule has 1 saturated heterocycles. The number of halogens is 1. The van der Waals surface area contributed by atoms with Gasteiger partial charge in [0.1, 0.15) is 0 Å². The number of sulfonamides is 1. The fourth-order valence-electron chi connectivity index (χ4n) is 2.31. The zero-order valence-electron chi connectivity index (χ0n) is 12.5. The topological polar surface area (TPSA) is 86.7 Å². The summed E-state index contributed by atoms with van der Waals surface area (Å²) in [6, 6.07) is 12.9. The number of nitrogens with one attached hydrogen (secondary N) is 1. The predicted octanol–water partition coefficient (Wildman–Crippen LogP) is 2.07. The predicted molar refractivity (Wildman–Crippen MR) is 93.3 cm³/mol. The Hall–Kier alpha value is -1.74. The van der Waals surface area contributed by atoms with Gasteiger partial charge in [0.25, 0.3) is 5.91 Å². The van der Waals surface area contributed by atoms with E-state index in [0.717, 1.165) is 4.47 Å². The molecule has 0 bridgehead atoms. The lowest BCUT2D eigenvalue weighted by atomic mass is 10.2. The molecule has 24 heavy (non-hydrogen) atoms. The minimum Gasteiger partial charge on any atom is -0.390 e. The first-order valence-electron chi connectivity index (χ1n) is 7.21. The van der Waals surface area contributed by atoms with Crippen molar-refractivity contribution < 1.29 is 18.3 Å². The van der Waals surface area contributed by atoms with E-state index in [1.165, 1.54) is 28.6 Å². The van der Waals surface area contributed by atoms with Gasteiger partial charge in [0.2, 0.25) is 10.0 Å². The molecule has 2 N–H and O–H groups in total. The van der Waals surface area contributed by atoms with E-state index in [9.17, 15) is 18.3 Å². The number of aliphatic hydroxyl groups is 1. The molecule has 0 aromatic heterocycles. The monoisotopic (exact) mass is 410 g/mol. The van der Waals surface area contributed by atoms with E-state index < -0.39 is 16.1 Å². The molecule has 2 aromatic carbocycles. The van der Waals surface area contributed by atoms with Crippen LogP contribution < -0.4 is 5.32 Å². The lowest BCUT2D eigenvalue weighted by Crippen LogP contribution is -2.53. The number of anilines is 1. The van der Waals surface area contributed by atoms with Crippen LogP contribution in [0.4, 0.5) is 5.69 Å². The number of aliphatic hydroxyl groups excluding tert-OH is 1. The molecule has 0 aliphatic carbocycles. The van der Waals surface area contributed by atoms with E-state index in [2.05, 4.69) is 21.2 Å². The Kier molecular flexibility index (Phi) is 4.73. The van der Waals surface area contributed by atoms with Gasteiger partial charge in [-0.05, 0) is 42.5 Å². The second-order valence-corrected chi connectivity index (χ2v) is 8.32. The lowest BCUT2D eigenvalue weighted by molar-refractivity contribution is 0.0548. The Morgan fingerprint density at radius 1 is 1.17 bits per heavy atom. The lowest BCUT2D eigenvalue weighted by Gasteiger charge is -2.34. The molecule has 1 aliphatic heterocycles. The number of carbonyl (C=O) groups is 1. The minimum absolute atomic E-state index is 0.105. The highest BCUT2D eigenvalue weighted by atomic mass is 79.9. The van der Waals surface area contributed by atoms with Crippen LogP contribution in [0.1, 0.15) is 10.4 Å². The Bertz CT molecular complexity index is 862. The summed E-state index contributed by atoms with van der Waals surface area (Å²) in [5.74, 6) is -0.323. The molecular weight excluding hydrogens is 396 g/mol. The first-order chi connectivity index (χ1) is 11.4. The van der Waals surface area contributed by atoms with Gasteiger partial charge >= 0.3 is 0 Å². The van der Waals surface area contributed by atoms with Gasteiger partial charge in [-0.25, -0.2) is 8.42 Å². The Morgan fingerprint density at radius 3 is 2.42 bits per heavy atom. The quantitative estimate of drug-likeness (QED) is 0.807. The number of carbonyl (C=O) groups excluding carboxylic acids is 1. The third kappa shape index (κ3) is 3.51. The highest BCUT2D eigenvalue weighted by Gasteiger charge is 2.35. The zero-order chi connectivity index (χ0) is 17.3. The number of amides is 1. The van der Waals surface area contributed by atoms with Gasteiger partial charge in [0.15, 0.2) is 0 Å². The van der Waals surface area contributed by atoms with Gasteiger partial charge in [-0.2, -0.15) is 4.31 Å². The molecule has 0 spiro atoms. The van der Waals surface area contributed by atoms with Crippen molar-refractivity contribution in [2.45, 2.75) is 11.0 Å². The highest BCUT2D eigenvalue weighted by molar-refractivity contribution is 9.10. The summed E-state index contributed by atoms with van der Waals surface area (Å²) in [6.07, 6.45) is -0.602. The van der Waals surface area contributed by atoms with Crippen LogP contribution in [0.15, 0.2) is 57.9 Å². The minimum atomic E-state index is -3.61. The average molecular weight is 411 g/mol. The molecule has 1 amide bonds. The smallest absolute Gasteiger partial charge is 0.255 e. The van der Waals surface area contributed by atoms with E-state index in [1.54, 1.807) is 18.2 Å². The highest BCUT2D eigenvalue weighted by Crippen LogP contribution is 2.22. The van der Waals surface area contributed by atoms with Crippen molar-refractivity contribution in [3.05, 3.63) is 58.6 Å². The summed E-state index contributed by atoms with van der Waals surface area (Å²) in [7, 11) is -3.61. The van der Waals surface area contributed by atoms with Crippen molar-refractivity contribution >= 4 is 37.5 Å². The molecule has 2 aromatic rings. The standard InChI is InChI=1S/C16H15BrN2O4S/c17-12-2-1-3-13(8-12)18-16(21)11-4-6-15(7-5-11)24(22,23)19-9-14(20)10-19/h1-8,14,20H,9-10H2,(H,18,21). The number of rotatable bonds is 4. The van der Waals surface area contributed by atoms with Crippen molar-refractivity contribution in [2.75, 3.05) is 18.4 Å². The molecule has 126 valence electrons. The molecule has 3 rings (SSSR count). The van der Waals surface area contributed by atoms with Gasteiger partial charge in [0.05, 0.1) is 11.0 Å². The van der Waals surface area contributed by atoms with E-state index in [1.807, 2.05) is 6.07 Å². The molecule has 0 atom stereocenters. The second-order valence-electron chi connectivity index (χ2n) is 5.46. The molecule has 0 unspecified atom stereocenters. The van der Waals surface area contributed by atoms with E-state index in [-0.39, 0.29) is 23.9 Å². The summed E-state index contributed by atoms with van der Waals surface area (Å²) in [5.41, 5.74) is 0.998. The maximum atomic E-state index is 12.3. The van der Waals surface area contributed by atoms with Crippen LogP contribution in [0.25, 0.3) is 0 Å². The first-order valence-corrected chi connectivity index (χ1v) is 9.45. The molecule has 1 fully saturated rings. The van der Waals surface area contributed by atoms with Gasteiger partial charge in [-0.1, -0.05) is 22.0 Å². The summed E-state index contributed by atoms with van der Waals surface area (Å²) in [6.45, 7) is 0.209. The number of benzene rings is 2. The van der Waals surface area contributed by atoms with Crippen LogP contribution >= 0.6 is 15.9 Å². The average Bonchev–Trinajstić information content (AvgIpc) is 2.52. The van der Waals surface area contributed by atoms with E-state index >= 15 is 0 Å². The molecule has 6 nitrogen and oxygen atoms in total. The summed E-state index contributed by atoms with van der Waals surface area (Å²) >= 11 is 3.33. The molecule has 0 radical (unpaired) electrons. The van der Waals surface area contributed by atoms with Crippen molar-refractivity contribution in [1.29, 1.82) is 0 Å². The van der Waals surface area contributed by atoms with Gasteiger partial charge < -0.3 is 10.4 Å². The molecule has 1 heterocycles. The van der Waals surface area contributed by atoms with Crippen LogP contribution in [-0.2, 0) is 10.0 Å². The first kappa shape index (κ1) is 17.1. The van der Waals surface area contributed by atoms with Crippen LogP contribution in [0, 0.1) is 0 Å². The molecule has 1 aliphatic rings. The Balaban J connectivity index is 1.73. The molecular formula is C16H15BrN2O4S. The maximum absolute atomic E-state index is 12.3. The number of hydrogen-bond acceptors (Lipinski definition) is 4. The van der Waals surface area contributed by atoms with Crippen molar-refractivity contribution in [3.63, 3.8) is 0 Å². The fourth-order valence-corrected chi connectivity index (χ4v) is 4.22. The zero-order valence-corrected chi connectivity index (χ0v) is 14.9. The molecule has 8 heteroatoms. The van der Waals surface area contributed by atoms with Crippen molar-refractivity contribution in [3.8, 4) is 0 Å². The number of nitrogens with zero attached hydrogens (tertiary/aromatic N) is 1. The fraction of sp³-hybridized carbons (Fsp3) is 0.188. The summed E-state index contributed by atoms with van der Waals surface area (Å²) in [4.78, 5) is 12.3. The second kappa shape index (κ2) is 6.64. The Morgan fingerprint density at radius 2 is 1.83 bits per heavy atom. The van der Waals surface area contributed by atoms with Gasteiger partial charge in [-0.15, -0.1) is 0 Å². The third-order valence-electron chi connectivity index (χ3n) is 3.67. The number of hydrogen-bond donors (Lipinski definition) is 2. The van der Waals surface area contributed by atoms with Gasteiger partial charge in [-0.3, -0.25) is 4.79 Å². The summed E-state index contributed by atoms with van der Waals surface area (Å²) < 4.78 is 26.6. The Labute approximate surface area is 148 Å². The normalized spacial score (nSPS) is 15.8. The van der Waals surface area contributed by atoms with Gasteiger partial charge in [0, 0.05) is 28.8 Å². The largest absolute Gasteiger partial charge is 0.390 e. The molecule has 0 saturated carbocycles. The van der Waals surface area contributed by atoms with Crippen LogP contribution in [-0.4, -0.2) is 42.9 Å². The number of β-amino-alcohol motifs (C(OH)–C–C–N with tert-alkyl or cyclic N) is 1. The van der Waals surface area contributed by atoms with Crippen molar-refractivity contribution in [1.82, 2.24) is 4.31 Å². The third-order valence-corrected chi connectivity index (χ3v) is 6.00.